The van der Waals surface area contributed by atoms with Crippen LogP contribution >= 0.6 is 15.9 Å². The second-order valence-corrected chi connectivity index (χ2v) is 4.23. The second-order valence-electron chi connectivity index (χ2n) is 3.37. The zero-order valence-corrected chi connectivity index (χ0v) is 9.86. The Hall–Kier alpha value is -1.35. The van der Waals surface area contributed by atoms with Gasteiger partial charge in [0.25, 0.3) is 0 Å². The molecule has 0 spiro atoms. The molecule has 3 heteroatoms. The fourth-order valence-corrected chi connectivity index (χ4v) is 1.90. The van der Waals surface area contributed by atoms with E-state index >= 15 is 0 Å². The van der Waals surface area contributed by atoms with Crippen LogP contribution in [-0.4, -0.2) is 10.4 Å². The fourth-order valence-electron chi connectivity index (χ4n) is 1.44. The fraction of sp³-hybridized carbons (Fsp3) is 0.0833. The lowest BCUT2D eigenvalue weighted by molar-refractivity contribution is 0.103. The van der Waals surface area contributed by atoms with Gasteiger partial charge in [-0.25, -0.2) is 0 Å². The molecule has 76 valence electrons. The number of aromatic nitrogens is 1. The smallest absolute Gasteiger partial charge is 0.195 e. The first-order valence-corrected chi connectivity index (χ1v) is 5.39. The molecule has 0 atom stereocenters. The third kappa shape index (κ3) is 2.02. The summed E-state index contributed by atoms with van der Waals surface area (Å²) in [5, 5.41) is 0. The minimum atomic E-state index is 0.0445. The number of carbonyl (C=O) groups excluding carboxylic acids is 1. The van der Waals surface area contributed by atoms with Crippen LogP contribution in [0.4, 0.5) is 0 Å². The van der Waals surface area contributed by atoms with Gasteiger partial charge in [0.05, 0.1) is 0 Å². The molecule has 1 aromatic heterocycles. The highest BCUT2D eigenvalue weighted by Gasteiger charge is 2.12. The van der Waals surface area contributed by atoms with Gasteiger partial charge >= 0.3 is 0 Å². The summed E-state index contributed by atoms with van der Waals surface area (Å²) in [4.78, 5) is 12.0. The van der Waals surface area contributed by atoms with E-state index in [1.807, 2.05) is 54.3 Å². The lowest BCUT2D eigenvalue weighted by Crippen LogP contribution is -2.00. The molecular formula is C12H10BrNO. The van der Waals surface area contributed by atoms with Gasteiger partial charge in [-0.15, -0.1) is 0 Å². The Morgan fingerprint density at radius 2 is 2.00 bits per heavy atom. The summed E-state index contributed by atoms with van der Waals surface area (Å²) < 4.78 is 2.70. The van der Waals surface area contributed by atoms with Crippen molar-refractivity contribution in [2.75, 3.05) is 0 Å². The maximum absolute atomic E-state index is 12.0. The molecule has 0 N–H and O–H groups in total. The number of aryl methyl sites for hydroxylation is 1. The molecule has 0 aliphatic heterocycles. The lowest BCUT2D eigenvalue weighted by Gasteiger charge is -2.00. The molecular weight excluding hydrogens is 254 g/mol. The Kier molecular flexibility index (Phi) is 2.73. The van der Waals surface area contributed by atoms with E-state index in [-0.39, 0.29) is 5.78 Å². The number of benzene rings is 1. The predicted octanol–water partition coefficient (Wildman–Crippen LogP) is 3.02. The van der Waals surface area contributed by atoms with E-state index in [0.717, 1.165) is 4.47 Å². The van der Waals surface area contributed by atoms with Gasteiger partial charge in [0.2, 0.25) is 0 Å². The van der Waals surface area contributed by atoms with Crippen molar-refractivity contribution in [3.63, 3.8) is 0 Å². The van der Waals surface area contributed by atoms with E-state index in [0.29, 0.717) is 11.1 Å². The monoisotopic (exact) mass is 263 g/mol. The van der Waals surface area contributed by atoms with E-state index in [4.69, 9.17) is 0 Å². The average Bonchev–Trinajstić information content (AvgIpc) is 2.65. The van der Waals surface area contributed by atoms with Crippen molar-refractivity contribution in [3.05, 3.63) is 58.3 Å². The lowest BCUT2D eigenvalue weighted by atomic mass is 10.1. The van der Waals surface area contributed by atoms with Crippen LogP contribution < -0.4 is 0 Å². The molecule has 0 fully saturated rings. The minimum Gasteiger partial charge on any atom is -0.357 e. The Morgan fingerprint density at radius 3 is 2.60 bits per heavy atom. The molecule has 0 saturated carbocycles. The molecule has 2 nitrogen and oxygen atoms in total. The Morgan fingerprint density at radius 1 is 1.27 bits per heavy atom. The molecule has 0 unspecified atom stereocenters. The molecule has 0 bridgehead atoms. The van der Waals surface area contributed by atoms with Crippen LogP contribution in [0.3, 0.4) is 0 Å². The molecule has 0 aliphatic rings. The van der Waals surface area contributed by atoms with Gasteiger partial charge in [0.1, 0.15) is 0 Å². The first-order chi connectivity index (χ1) is 7.18. The zero-order chi connectivity index (χ0) is 10.8. The average molecular weight is 264 g/mol. The number of nitrogens with zero attached hydrogens (tertiary/aromatic N) is 1. The first-order valence-electron chi connectivity index (χ1n) is 4.59. The molecule has 0 saturated heterocycles. The summed E-state index contributed by atoms with van der Waals surface area (Å²) in [6.07, 6.45) is 3.69. The van der Waals surface area contributed by atoms with Crippen LogP contribution in [0.2, 0.25) is 0 Å². The van der Waals surface area contributed by atoms with Gasteiger partial charge < -0.3 is 4.57 Å². The second kappa shape index (κ2) is 4.03. The molecule has 2 aromatic rings. The topological polar surface area (TPSA) is 22.0 Å². The largest absolute Gasteiger partial charge is 0.357 e. The molecule has 1 aromatic carbocycles. The van der Waals surface area contributed by atoms with Crippen molar-refractivity contribution in [1.29, 1.82) is 0 Å². The number of hydrogen-bond acceptors (Lipinski definition) is 1. The van der Waals surface area contributed by atoms with Gasteiger partial charge in [-0.05, 0) is 18.2 Å². The third-order valence-corrected chi connectivity index (χ3v) is 2.90. The first kappa shape index (κ1) is 10.2. The molecule has 15 heavy (non-hydrogen) atoms. The number of hydrogen-bond donors (Lipinski definition) is 0. The minimum absolute atomic E-state index is 0.0445. The highest BCUT2D eigenvalue weighted by molar-refractivity contribution is 9.10. The zero-order valence-electron chi connectivity index (χ0n) is 8.27. The van der Waals surface area contributed by atoms with Crippen LogP contribution in [0, 0.1) is 0 Å². The van der Waals surface area contributed by atoms with Crippen molar-refractivity contribution in [2.45, 2.75) is 0 Å². The maximum atomic E-state index is 12.0. The van der Waals surface area contributed by atoms with Gasteiger partial charge in [0.15, 0.2) is 5.78 Å². The van der Waals surface area contributed by atoms with Crippen molar-refractivity contribution < 1.29 is 4.79 Å². The SMILES string of the molecule is Cn1ccc(C(=O)c2ccccc2Br)c1. The maximum Gasteiger partial charge on any atom is 0.195 e. The highest BCUT2D eigenvalue weighted by Crippen LogP contribution is 2.19. The van der Waals surface area contributed by atoms with Crippen molar-refractivity contribution >= 4 is 21.7 Å². The summed E-state index contributed by atoms with van der Waals surface area (Å²) in [5.41, 5.74) is 1.41. The van der Waals surface area contributed by atoms with Crippen LogP contribution in [0.25, 0.3) is 0 Å². The van der Waals surface area contributed by atoms with Crippen molar-refractivity contribution in [3.8, 4) is 0 Å². The van der Waals surface area contributed by atoms with Crippen LogP contribution in [0.5, 0.6) is 0 Å². The number of halogens is 1. The van der Waals surface area contributed by atoms with E-state index in [9.17, 15) is 4.79 Å². The Labute approximate surface area is 96.7 Å². The Bertz CT molecular complexity index is 502. The van der Waals surface area contributed by atoms with E-state index in [1.54, 1.807) is 0 Å². The summed E-state index contributed by atoms with van der Waals surface area (Å²) in [7, 11) is 1.90. The molecule has 0 radical (unpaired) electrons. The van der Waals surface area contributed by atoms with E-state index < -0.39 is 0 Å². The molecule has 2 rings (SSSR count). The summed E-state index contributed by atoms with van der Waals surface area (Å²) in [6, 6.07) is 9.27. The van der Waals surface area contributed by atoms with Gasteiger partial charge in [0, 0.05) is 35.0 Å². The number of ketones is 1. The molecule has 0 amide bonds. The number of carbonyl (C=O) groups is 1. The van der Waals surface area contributed by atoms with Gasteiger partial charge in [-0.3, -0.25) is 4.79 Å². The highest BCUT2D eigenvalue weighted by atomic mass is 79.9. The summed E-state index contributed by atoms with van der Waals surface area (Å²) in [5.74, 6) is 0.0445. The quantitative estimate of drug-likeness (QED) is 0.764. The molecule has 1 heterocycles. The Balaban J connectivity index is 2.41. The summed E-state index contributed by atoms with van der Waals surface area (Å²) in [6.45, 7) is 0. The van der Waals surface area contributed by atoms with E-state index in [2.05, 4.69) is 15.9 Å². The van der Waals surface area contributed by atoms with Crippen LogP contribution in [-0.2, 0) is 7.05 Å². The van der Waals surface area contributed by atoms with Crippen LogP contribution in [0.15, 0.2) is 47.2 Å². The number of rotatable bonds is 2. The normalized spacial score (nSPS) is 10.3. The van der Waals surface area contributed by atoms with Crippen molar-refractivity contribution in [1.82, 2.24) is 4.57 Å². The van der Waals surface area contributed by atoms with Gasteiger partial charge in [-0.1, -0.05) is 28.1 Å². The third-order valence-electron chi connectivity index (χ3n) is 2.21. The summed E-state index contributed by atoms with van der Waals surface area (Å²) >= 11 is 3.37. The predicted molar refractivity (Wildman–Crippen MR) is 63.0 cm³/mol. The van der Waals surface area contributed by atoms with Crippen molar-refractivity contribution in [2.24, 2.45) is 7.05 Å². The van der Waals surface area contributed by atoms with Gasteiger partial charge in [-0.2, -0.15) is 0 Å². The standard InChI is InChI=1S/C12H10BrNO/c1-14-7-6-9(8-14)12(15)10-4-2-3-5-11(10)13/h2-8H,1H3. The van der Waals surface area contributed by atoms with Crippen LogP contribution in [0.1, 0.15) is 15.9 Å². The molecule has 0 aliphatic carbocycles. The van der Waals surface area contributed by atoms with E-state index in [1.165, 1.54) is 0 Å².